The Morgan fingerprint density at radius 2 is 1.79 bits per heavy atom. The van der Waals surface area contributed by atoms with E-state index in [1.54, 1.807) is 0 Å². The van der Waals surface area contributed by atoms with Gasteiger partial charge in [0, 0.05) is 19.0 Å². The van der Waals surface area contributed by atoms with Crippen LogP contribution in [-0.2, 0) is 4.79 Å². The van der Waals surface area contributed by atoms with Crippen molar-refractivity contribution < 1.29 is 14.8 Å². The highest BCUT2D eigenvalue weighted by molar-refractivity contribution is 6.43. The van der Waals surface area contributed by atoms with Crippen molar-refractivity contribution in [3.8, 4) is 0 Å². The molecule has 6 atom stereocenters. The van der Waals surface area contributed by atoms with Crippen molar-refractivity contribution >= 4 is 13.0 Å². The molecule has 7 heteroatoms. The Morgan fingerprint density at radius 1 is 1.00 bits per heavy atom. The van der Waals surface area contributed by atoms with Crippen molar-refractivity contribution in [2.24, 2.45) is 41.2 Å². The van der Waals surface area contributed by atoms with Gasteiger partial charge in [0.1, 0.15) is 0 Å². The van der Waals surface area contributed by atoms with Gasteiger partial charge >= 0.3 is 7.12 Å². The Balaban J connectivity index is 1.33. The lowest BCUT2D eigenvalue weighted by Gasteiger charge is -2.47. The first-order chi connectivity index (χ1) is 14.1. The van der Waals surface area contributed by atoms with Crippen molar-refractivity contribution in [1.82, 2.24) is 10.2 Å². The molecule has 0 aromatic carbocycles. The fourth-order valence-corrected chi connectivity index (χ4v) is 7.15. The maximum Gasteiger partial charge on any atom is 0.455 e. The summed E-state index contributed by atoms with van der Waals surface area (Å²) in [5, 5.41) is 23.0. The van der Waals surface area contributed by atoms with Gasteiger partial charge in [-0.2, -0.15) is 0 Å². The van der Waals surface area contributed by atoms with Crippen LogP contribution in [0.25, 0.3) is 0 Å². The van der Waals surface area contributed by atoms with E-state index in [0.29, 0.717) is 17.7 Å². The molecule has 0 radical (unpaired) electrons. The molecule has 4 fully saturated rings. The number of carbonyl (C=O) groups is 1. The van der Waals surface area contributed by atoms with Crippen molar-refractivity contribution in [3.05, 3.63) is 0 Å². The second kappa shape index (κ2) is 9.67. The Bertz CT molecular complexity index is 555. The summed E-state index contributed by atoms with van der Waals surface area (Å²) in [5.41, 5.74) is 5.93. The minimum absolute atomic E-state index is 0.0740. The van der Waals surface area contributed by atoms with Crippen LogP contribution in [0.4, 0.5) is 0 Å². The molecule has 6 nitrogen and oxygen atoms in total. The van der Waals surface area contributed by atoms with Crippen molar-refractivity contribution in [2.75, 3.05) is 32.7 Å². The van der Waals surface area contributed by atoms with E-state index in [-0.39, 0.29) is 17.7 Å². The fraction of sp³-hybridized carbons (Fsp3) is 0.955. The van der Waals surface area contributed by atoms with Crippen molar-refractivity contribution in [2.45, 2.75) is 63.6 Å². The number of hydrogen-bond donors (Lipinski definition) is 4. The number of amides is 1. The predicted molar refractivity (Wildman–Crippen MR) is 115 cm³/mol. The molecule has 29 heavy (non-hydrogen) atoms. The molecule has 164 valence electrons. The van der Waals surface area contributed by atoms with E-state index in [4.69, 9.17) is 5.73 Å². The van der Waals surface area contributed by atoms with Gasteiger partial charge in [-0.15, -0.1) is 0 Å². The van der Waals surface area contributed by atoms with Gasteiger partial charge in [-0.25, -0.2) is 0 Å². The van der Waals surface area contributed by atoms with Crippen LogP contribution in [0.5, 0.6) is 0 Å². The van der Waals surface area contributed by atoms with Gasteiger partial charge in [-0.3, -0.25) is 4.79 Å². The third-order valence-electron chi connectivity index (χ3n) is 8.84. The summed E-state index contributed by atoms with van der Waals surface area (Å²) in [6.07, 6.45) is 10.1. The number of rotatable bonds is 4. The molecular formula is C22H40BN3O3. The molecule has 2 heterocycles. The highest BCUT2D eigenvalue weighted by Gasteiger charge is 2.48. The molecule has 2 aliphatic carbocycles. The highest BCUT2D eigenvalue weighted by Crippen LogP contribution is 2.46. The van der Waals surface area contributed by atoms with Crippen molar-refractivity contribution in [3.63, 3.8) is 0 Å². The molecule has 2 saturated heterocycles. The topological polar surface area (TPSA) is 98.8 Å². The lowest BCUT2D eigenvalue weighted by Crippen LogP contribution is -2.53. The summed E-state index contributed by atoms with van der Waals surface area (Å²) in [5.74, 6) is 3.11. The van der Waals surface area contributed by atoms with Crippen LogP contribution in [0.2, 0.25) is 5.82 Å². The van der Waals surface area contributed by atoms with Gasteiger partial charge in [-0.05, 0) is 93.6 Å². The monoisotopic (exact) mass is 405 g/mol. The number of nitrogens with two attached hydrogens (primary N) is 1. The third-order valence-corrected chi connectivity index (χ3v) is 8.84. The Hall–Kier alpha value is -0.625. The van der Waals surface area contributed by atoms with Crippen LogP contribution in [0.15, 0.2) is 0 Å². The molecule has 2 aliphatic heterocycles. The average Bonchev–Trinajstić information content (AvgIpc) is 2.78. The number of nitrogens with one attached hydrogen (secondary N) is 1. The molecule has 0 aromatic rings. The van der Waals surface area contributed by atoms with E-state index >= 15 is 0 Å². The SMILES string of the molecule is NCC1CCCC(C2CCN(C(=O)C3CCC(B(O)O)C4CNCCC34)CC2)C1. The van der Waals surface area contributed by atoms with Gasteiger partial charge in [0.05, 0.1) is 0 Å². The molecule has 6 unspecified atom stereocenters. The molecular weight excluding hydrogens is 365 g/mol. The van der Waals surface area contributed by atoms with Gasteiger partial charge in [-0.1, -0.05) is 19.3 Å². The zero-order chi connectivity index (χ0) is 20.4. The minimum Gasteiger partial charge on any atom is -0.427 e. The summed E-state index contributed by atoms with van der Waals surface area (Å²) >= 11 is 0. The maximum atomic E-state index is 13.4. The molecule has 2 saturated carbocycles. The summed E-state index contributed by atoms with van der Waals surface area (Å²) in [7, 11) is -1.26. The quantitative estimate of drug-likeness (QED) is 0.531. The minimum atomic E-state index is -1.26. The van der Waals surface area contributed by atoms with Gasteiger partial charge in [0.25, 0.3) is 0 Å². The van der Waals surface area contributed by atoms with Crippen LogP contribution in [0.3, 0.4) is 0 Å². The lowest BCUT2D eigenvalue weighted by atomic mass is 9.53. The summed E-state index contributed by atoms with van der Waals surface area (Å²) in [6.45, 7) is 4.39. The molecule has 4 rings (SSSR count). The Labute approximate surface area is 176 Å². The number of hydrogen-bond acceptors (Lipinski definition) is 5. The van der Waals surface area contributed by atoms with Crippen LogP contribution in [0, 0.1) is 35.5 Å². The number of likely N-dealkylation sites (tertiary alicyclic amines) is 1. The van der Waals surface area contributed by atoms with E-state index in [2.05, 4.69) is 10.2 Å². The van der Waals surface area contributed by atoms with E-state index < -0.39 is 7.12 Å². The number of piperidine rings is 2. The first-order valence-electron chi connectivity index (χ1n) is 12.1. The average molecular weight is 405 g/mol. The second-order valence-electron chi connectivity index (χ2n) is 10.3. The van der Waals surface area contributed by atoms with E-state index in [0.717, 1.165) is 76.7 Å². The highest BCUT2D eigenvalue weighted by atomic mass is 16.4. The fourth-order valence-electron chi connectivity index (χ4n) is 7.15. The number of carbonyl (C=O) groups excluding carboxylic acids is 1. The Kier molecular flexibility index (Phi) is 7.20. The van der Waals surface area contributed by atoms with Crippen LogP contribution in [-0.4, -0.2) is 60.7 Å². The lowest BCUT2D eigenvalue weighted by molar-refractivity contribution is -0.142. The second-order valence-corrected chi connectivity index (χ2v) is 10.3. The maximum absolute atomic E-state index is 13.4. The van der Waals surface area contributed by atoms with E-state index in [1.807, 2.05) is 0 Å². The van der Waals surface area contributed by atoms with E-state index in [1.165, 1.54) is 25.7 Å². The molecule has 4 aliphatic rings. The zero-order valence-electron chi connectivity index (χ0n) is 17.8. The zero-order valence-corrected chi connectivity index (χ0v) is 17.8. The van der Waals surface area contributed by atoms with Gasteiger partial charge in [0.2, 0.25) is 5.91 Å². The van der Waals surface area contributed by atoms with Crippen LogP contribution in [0.1, 0.15) is 57.8 Å². The van der Waals surface area contributed by atoms with Gasteiger partial charge in [0.15, 0.2) is 0 Å². The Morgan fingerprint density at radius 3 is 2.52 bits per heavy atom. The normalized spacial score (nSPS) is 39.1. The first-order valence-corrected chi connectivity index (χ1v) is 12.1. The number of nitrogens with zero attached hydrogens (tertiary/aromatic N) is 1. The molecule has 0 bridgehead atoms. The molecule has 0 aromatic heterocycles. The molecule has 5 N–H and O–H groups in total. The first kappa shape index (κ1) is 21.6. The molecule has 1 amide bonds. The third kappa shape index (κ3) is 4.68. The predicted octanol–water partition coefficient (Wildman–Crippen LogP) is 1.47. The largest absolute Gasteiger partial charge is 0.455 e. The molecule has 0 spiro atoms. The standard InChI is InChI=1S/C22H40BN3O3/c24-13-15-2-1-3-17(12-15)16-7-10-26(11-8-16)22(27)19-4-5-21(23(28)29)20-14-25-9-6-18(19)20/h15-21,25,28-29H,1-14,24H2. The number of fused-ring (bicyclic) bond motifs is 1. The smallest absolute Gasteiger partial charge is 0.427 e. The van der Waals surface area contributed by atoms with Crippen LogP contribution < -0.4 is 11.1 Å². The van der Waals surface area contributed by atoms with Crippen molar-refractivity contribution in [1.29, 1.82) is 0 Å². The van der Waals surface area contributed by atoms with E-state index in [9.17, 15) is 14.8 Å². The summed E-state index contributed by atoms with van der Waals surface area (Å²) in [4.78, 5) is 15.6. The summed E-state index contributed by atoms with van der Waals surface area (Å²) < 4.78 is 0. The van der Waals surface area contributed by atoms with Gasteiger partial charge < -0.3 is 26.0 Å². The van der Waals surface area contributed by atoms with Crippen LogP contribution >= 0.6 is 0 Å². The summed E-state index contributed by atoms with van der Waals surface area (Å²) in [6, 6.07) is 0.